The van der Waals surface area contributed by atoms with Crippen molar-refractivity contribution in [1.29, 1.82) is 0 Å². The molecular weight excluding hydrogens is 449 g/mol. The zero-order chi connectivity index (χ0) is 20.5. The molecule has 4 heterocycles. The molecule has 0 amide bonds. The van der Waals surface area contributed by atoms with Gasteiger partial charge < -0.3 is 19.9 Å². The maximum Gasteiger partial charge on any atom is 0.161 e. The molecular formula is C24H37Cl2N3O3. The summed E-state index contributed by atoms with van der Waals surface area (Å²) >= 11 is 0. The Morgan fingerprint density at radius 2 is 1.81 bits per heavy atom. The van der Waals surface area contributed by atoms with Gasteiger partial charge in [0.2, 0.25) is 0 Å². The Morgan fingerprint density at radius 3 is 2.47 bits per heavy atom. The van der Waals surface area contributed by atoms with Crippen LogP contribution in [0.3, 0.4) is 0 Å². The average Bonchev–Trinajstić information content (AvgIpc) is 3.47. The van der Waals surface area contributed by atoms with Gasteiger partial charge in [-0.2, -0.15) is 0 Å². The summed E-state index contributed by atoms with van der Waals surface area (Å²) in [5.74, 6) is 3.14. The summed E-state index contributed by atoms with van der Waals surface area (Å²) in [6.45, 7) is 6.20. The second-order valence-corrected chi connectivity index (χ2v) is 9.45. The second kappa shape index (κ2) is 11.4. The molecule has 3 saturated heterocycles. The lowest BCUT2D eigenvalue weighted by molar-refractivity contribution is 0.0702. The molecule has 2 bridgehead atoms. The molecule has 4 aliphatic rings. The highest BCUT2D eigenvalue weighted by Crippen LogP contribution is 2.43. The molecule has 3 fully saturated rings. The van der Waals surface area contributed by atoms with Crippen LogP contribution in [0.1, 0.15) is 24.8 Å². The van der Waals surface area contributed by atoms with Crippen LogP contribution in [-0.2, 0) is 6.54 Å². The van der Waals surface area contributed by atoms with Crippen molar-refractivity contribution in [3.8, 4) is 11.5 Å². The van der Waals surface area contributed by atoms with Crippen LogP contribution in [0.25, 0.3) is 0 Å². The highest BCUT2D eigenvalue weighted by atomic mass is 35.5. The van der Waals surface area contributed by atoms with Crippen LogP contribution in [0, 0.1) is 11.8 Å². The van der Waals surface area contributed by atoms with Gasteiger partial charge in [-0.1, -0.05) is 18.2 Å². The molecule has 0 radical (unpaired) electrons. The van der Waals surface area contributed by atoms with Gasteiger partial charge in [-0.25, -0.2) is 0 Å². The lowest BCUT2D eigenvalue weighted by atomic mass is 9.82. The number of likely N-dealkylation sites (tertiary alicyclic amines) is 1. The van der Waals surface area contributed by atoms with Gasteiger partial charge in [0.1, 0.15) is 12.7 Å². The minimum absolute atomic E-state index is 0. The SMILES string of the molecule is COc1cc(CN2C[C@@H]3[C@H](C2)[C@@H]2CC[C@H]3N2)ccc1OCC(O)CN1CC=CCC1.Cl.Cl. The van der Waals surface area contributed by atoms with Gasteiger partial charge in [-0.15, -0.1) is 24.8 Å². The van der Waals surface area contributed by atoms with Gasteiger partial charge in [0.05, 0.1) is 7.11 Å². The second-order valence-electron chi connectivity index (χ2n) is 9.45. The molecule has 0 spiro atoms. The van der Waals surface area contributed by atoms with Crippen LogP contribution < -0.4 is 14.8 Å². The summed E-state index contributed by atoms with van der Waals surface area (Å²) in [5.41, 5.74) is 1.26. The van der Waals surface area contributed by atoms with Crippen molar-refractivity contribution in [2.75, 3.05) is 46.4 Å². The van der Waals surface area contributed by atoms with Crippen molar-refractivity contribution >= 4 is 24.8 Å². The van der Waals surface area contributed by atoms with Gasteiger partial charge >= 0.3 is 0 Å². The monoisotopic (exact) mass is 485 g/mol. The van der Waals surface area contributed by atoms with Gasteiger partial charge in [-0.3, -0.25) is 9.80 Å². The normalized spacial score (nSPS) is 29.8. The fraction of sp³-hybridized carbons (Fsp3) is 0.667. The maximum atomic E-state index is 10.4. The van der Waals surface area contributed by atoms with Crippen LogP contribution in [0.15, 0.2) is 30.4 Å². The summed E-state index contributed by atoms with van der Waals surface area (Å²) in [4.78, 5) is 4.86. The van der Waals surface area contributed by atoms with E-state index in [0.29, 0.717) is 12.3 Å². The van der Waals surface area contributed by atoms with Crippen LogP contribution in [-0.4, -0.2) is 79.5 Å². The number of aliphatic hydroxyl groups excluding tert-OH is 1. The molecule has 5 rings (SSSR count). The standard InChI is InChI=1S/C24H35N3O3.2ClH/c1-29-24-11-17(12-27-14-19-20(15-27)22-7-6-21(19)25-22)5-8-23(24)30-16-18(28)13-26-9-3-2-4-10-26;;/h2-3,5,8,11,18-22,25,28H,4,6-7,9-10,12-16H2,1H3;2*1H/t18?,19-,20+,21-,22+;;. The summed E-state index contributed by atoms with van der Waals surface area (Å²) in [7, 11) is 1.69. The molecule has 2 N–H and O–H groups in total. The molecule has 8 heteroatoms. The fourth-order valence-corrected chi connectivity index (χ4v) is 5.98. The van der Waals surface area contributed by atoms with E-state index in [9.17, 15) is 5.11 Å². The van der Waals surface area contributed by atoms with E-state index < -0.39 is 6.10 Å². The Morgan fingerprint density at radius 1 is 1.06 bits per heavy atom. The number of nitrogens with one attached hydrogen (secondary N) is 1. The van der Waals surface area contributed by atoms with Gasteiger partial charge in [-0.05, 0) is 48.8 Å². The van der Waals surface area contributed by atoms with Crippen molar-refractivity contribution in [3.05, 3.63) is 35.9 Å². The molecule has 0 aliphatic carbocycles. The minimum Gasteiger partial charge on any atom is -0.493 e. The van der Waals surface area contributed by atoms with E-state index in [0.717, 1.165) is 55.7 Å². The molecule has 4 aliphatic heterocycles. The molecule has 0 aromatic heterocycles. The summed E-state index contributed by atoms with van der Waals surface area (Å²) in [5, 5.41) is 14.2. The predicted octanol–water partition coefficient (Wildman–Crippen LogP) is 2.72. The third-order valence-electron chi connectivity index (χ3n) is 7.42. The lowest BCUT2D eigenvalue weighted by Crippen LogP contribution is -2.37. The smallest absolute Gasteiger partial charge is 0.161 e. The van der Waals surface area contributed by atoms with E-state index >= 15 is 0 Å². The number of β-amino-alcohol motifs (C(OH)–C–C–N with tert-alkyl or cyclic N) is 1. The Labute approximate surface area is 204 Å². The van der Waals surface area contributed by atoms with E-state index in [2.05, 4.69) is 39.4 Å². The molecule has 1 aromatic carbocycles. The fourth-order valence-electron chi connectivity index (χ4n) is 5.98. The molecule has 1 aromatic rings. The number of fused-ring (bicyclic) bond motifs is 5. The minimum atomic E-state index is -0.506. The molecule has 1 unspecified atom stereocenters. The summed E-state index contributed by atoms with van der Waals surface area (Å²) < 4.78 is 11.5. The third kappa shape index (κ3) is 5.54. The number of ether oxygens (including phenoxy) is 2. The summed E-state index contributed by atoms with van der Waals surface area (Å²) in [6, 6.07) is 7.73. The quantitative estimate of drug-likeness (QED) is 0.552. The largest absolute Gasteiger partial charge is 0.493 e. The van der Waals surface area contributed by atoms with Crippen LogP contribution in [0.4, 0.5) is 0 Å². The first-order chi connectivity index (χ1) is 14.7. The molecule has 5 atom stereocenters. The Hall–Kier alpha value is -1.02. The number of benzene rings is 1. The molecule has 180 valence electrons. The lowest BCUT2D eigenvalue weighted by Gasteiger charge is -2.25. The van der Waals surface area contributed by atoms with Crippen LogP contribution >= 0.6 is 24.8 Å². The molecule has 6 nitrogen and oxygen atoms in total. The Kier molecular flexibility index (Phi) is 9.13. The predicted molar refractivity (Wildman–Crippen MR) is 131 cm³/mol. The van der Waals surface area contributed by atoms with Crippen LogP contribution in [0.2, 0.25) is 0 Å². The number of rotatable bonds is 8. The maximum absolute atomic E-state index is 10.4. The number of halogens is 2. The zero-order valence-corrected chi connectivity index (χ0v) is 20.5. The van der Waals surface area contributed by atoms with Crippen molar-refractivity contribution in [2.45, 2.75) is 44.0 Å². The highest BCUT2D eigenvalue weighted by molar-refractivity contribution is 5.85. The number of aliphatic hydroxyl groups is 1. The van der Waals surface area contributed by atoms with Gasteiger partial charge in [0.15, 0.2) is 11.5 Å². The average molecular weight is 486 g/mol. The summed E-state index contributed by atoms with van der Waals surface area (Å²) in [6.07, 6.45) is 7.63. The van der Waals surface area contributed by atoms with Crippen molar-refractivity contribution < 1.29 is 14.6 Å². The molecule has 0 saturated carbocycles. The highest BCUT2D eigenvalue weighted by Gasteiger charge is 2.51. The number of hydrogen-bond acceptors (Lipinski definition) is 6. The third-order valence-corrected chi connectivity index (χ3v) is 7.42. The first kappa shape index (κ1) is 25.6. The van der Waals surface area contributed by atoms with E-state index in [1.165, 1.54) is 31.5 Å². The van der Waals surface area contributed by atoms with Crippen molar-refractivity contribution in [3.63, 3.8) is 0 Å². The van der Waals surface area contributed by atoms with E-state index in [1.54, 1.807) is 7.11 Å². The van der Waals surface area contributed by atoms with Crippen LogP contribution in [0.5, 0.6) is 11.5 Å². The van der Waals surface area contributed by atoms with E-state index in [4.69, 9.17) is 9.47 Å². The topological polar surface area (TPSA) is 57.2 Å². The first-order valence-corrected chi connectivity index (χ1v) is 11.5. The van der Waals surface area contributed by atoms with Crippen molar-refractivity contribution in [1.82, 2.24) is 15.1 Å². The van der Waals surface area contributed by atoms with E-state index in [1.807, 2.05) is 6.07 Å². The van der Waals surface area contributed by atoms with E-state index in [-0.39, 0.29) is 31.4 Å². The Bertz CT molecular complexity index is 763. The first-order valence-electron chi connectivity index (χ1n) is 11.5. The Balaban J connectivity index is 0.00000144. The number of nitrogens with zero attached hydrogens (tertiary/aromatic N) is 2. The molecule has 32 heavy (non-hydrogen) atoms. The zero-order valence-electron chi connectivity index (χ0n) is 18.8. The number of hydrogen-bond donors (Lipinski definition) is 2. The number of methoxy groups -OCH3 is 1. The van der Waals surface area contributed by atoms with Gasteiger partial charge in [0.25, 0.3) is 0 Å². The van der Waals surface area contributed by atoms with Crippen molar-refractivity contribution in [2.24, 2.45) is 11.8 Å². The van der Waals surface area contributed by atoms with Gasteiger partial charge in [0, 0.05) is 51.4 Å².